The molecule has 0 bridgehead atoms. The fraction of sp³-hybridized carbons (Fsp3) is 0.333. The van der Waals surface area contributed by atoms with Crippen molar-refractivity contribution in [1.82, 2.24) is 4.90 Å². The van der Waals surface area contributed by atoms with Gasteiger partial charge in [-0.05, 0) is 44.2 Å². The number of hydrogen-bond donors (Lipinski definition) is 2. The van der Waals surface area contributed by atoms with Crippen LogP contribution in [-0.4, -0.2) is 36.3 Å². The molecule has 0 heterocycles. The number of likely N-dealkylation sites (N-methyl/N-ethyl adjacent to an activating group) is 1. The van der Waals surface area contributed by atoms with Gasteiger partial charge in [0.15, 0.2) is 0 Å². The van der Waals surface area contributed by atoms with Gasteiger partial charge in [0.25, 0.3) is 0 Å². The van der Waals surface area contributed by atoms with E-state index in [4.69, 9.17) is 0 Å². The summed E-state index contributed by atoms with van der Waals surface area (Å²) in [5.41, 5.74) is 1.46. The van der Waals surface area contributed by atoms with Crippen LogP contribution >= 0.6 is 0 Å². The highest BCUT2D eigenvalue weighted by Gasteiger charge is 2.33. The van der Waals surface area contributed by atoms with Crippen molar-refractivity contribution >= 4 is 23.2 Å². The maximum Gasteiger partial charge on any atom is 0.418 e. The molecule has 0 saturated carbocycles. The molecule has 156 valence electrons. The molecule has 0 aliphatic carbocycles. The summed E-state index contributed by atoms with van der Waals surface area (Å²) < 4.78 is 39.1. The third-order valence-electron chi connectivity index (χ3n) is 4.34. The molecule has 2 rings (SSSR count). The summed E-state index contributed by atoms with van der Waals surface area (Å²) in [4.78, 5) is 26.1. The van der Waals surface area contributed by atoms with E-state index < -0.39 is 17.6 Å². The van der Waals surface area contributed by atoms with Crippen LogP contribution in [0.5, 0.6) is 0 Å². The average molecular weight is 407 g/mol. The number of carbonyl (C=O) groups is 2. The summed E-state index contributed by atoms with van der Waals surface area (Å²) in [5, 5.41) is 5.08. The Morgan fingerprint density at radius 1 is 0.931 bits per heavy atom. The molecular formula is C21H24F3N3O2. The quantitative estimate of drug-likeness (QED) is 0.722. The number of alkyl halides is 3. The second-order valence-electron chi connectivity index (χ2n) is 6.76. The highest BCUT2D eigenvalue weighted by Crippen LogP contribution is 2.34. The summed E-state index contributed by atoms with van der Waals surface area (Å²) in [6.07, 6.45) is -4.57. The van der Waals surface area contributed by atoms with Crippen LogP contribution in [0.4, 0.5) is 24.5 Å². The smallest absolute Gasteiger partial charge is 0.325 e. The molecule has 0 aliphatic rings. The van der Waals surface area contributed by atoms with E-state index in [1.807, 2.05) is 26.0 Å². The Kier molecular flexibility index (Phi) is 7.39. The van der Waals surface area contributed by atoms with Crippen molar-refractivity contribution in [2.24, 2.45) is 0 Å². The number of rotatable bonds is 7. The highest BCUT2D eigenvalue weighted by atomic mass is 19.4. The van der Waals surface area contributed by atoms with E-state index in [2.05, 4.69) is 10.6 Å². The van der Waals surface area contributed by atoms with Crippen LogP contribution in [0.25, 0.3) is 0 Å². The van der Waals surface area contributed by atoms with E-state index >= 15 is 0 Å². The minimum atomic E-state index is -4.57. The Balaban J connectivity index is 1.97. The van der Waals surface area contributed by atoms with Crippen LogP contribution < -0.4 is 10.6 Å². The number of halogens is 3. The van der Waals surface area contributed by atoms with Crippen molar-refractivity contribution in [1.29, 1.82) is 0 Å². The zero-order chi connectivity index (χ0) is 21.6. The lowest BCUT2D eigenvalue weighted by Crippen LogP contribution is -2.39. The van der Waals surface area contributed by atoms with Gasteiger partial charge in [0.2, 0.25) is 11.8 Å². The molecule has 2 N–H and O–H groups in total. The molecule has 0 unspecified atom stereocenters. The van der Waals surface area contributed by atoms with Gasteiger partial charge < -0.3 is 10.6 Å². The molecule has 29 heavy (non-hydrogen) atoms. The second kappa shape index (κ2) is 9.56. The zero-order valence-electron chi connectivity index (χ0n) is 16.6. The van der Waals surface area contributed by atoms with Crippen molar-refractivity contribution in [3.05, 3.63) is 59.2 Å². The number of amides is 2. The Morgan fingerprint density at radius 3 is 2.07 bits per heavy atom. The van der Waals surface area contributed by atoms with Gasteiger partial charge in [-0.3, -0.25) is 14.5 Å². The normalized spacial score (nSPS) is 11.4. The molecule has 5 nitrogen and oxygen atoms in total. The highest BCUT2D eigenvalue weighted by molar-refractivity contribution is 5.95. The SMILES string of the molecule is CCN(CC(=O)Nc1ccc(C)cc1C)CC(=O)Nc1ccccc1C(F)(F)F. The third-order valence-corrected chi connectivity index (χ3v) is 4.34. The number of nitrogens with zero attached hydrogens (tertiary/aromatic N) is 1. The summed E-state index contributed by atoms with van der Waals surface area (Å²) in [6.45, 7) is 5.72. The first kappa shape index (κ1) is 22.4. The topological polar surface area (TPSA) is 61.4 Å². The monoisotopic (exact) mass is 407 g/mol. The first-order chi connectivity index (χ1) is 13.6. The fourth-order valence-electron chi connectivity index (χ4n) is 2.86. The van der Waals surface area contributed by atoms with Gasteiger partial charge in [0.05, 0.1) is 24.3 Å². The van der Waals surface area contributed by atoms with Crippen molar-refractivity contribution in [3.8, 4) is 0 Å². The molecule has 2 amide bonds. The van der Waals surface area contributed by atoms with Crippen molar-refractivity contribution < 1.29 is 22.8 Å². The third kappa shape index (κ3) is 6.60. The van der Waals surface area contributed by atoms with Gasteiger partial charge in [-0.2, -0.15) is 13.2 Å². The second-order valence-corrected chi connectivity index (χ2v) is 6.76. The minimum absolute atomic E-state index is 0.0574. The fourth-order valence-corrected chi connectivity index (χ4v) is 2.86. The van der Waals surface area contributed by atoms with E-state index in [1.165, 1.54) is 18.2 Å². The number of carbonyl (C=O) groups excluding carboxylic acids is 2. The summed E-state index contributed by atoms with van der Waals surface area (Å²) in [7, 11) is 0. The first-order valence-corrected chi connectivity index (χ1v) is 9.15. The van der Waals surface area contributed by atoms with Crippen LogP contribution in [0.1, 0.15) is 23.6 Å². The van der Waals surface area contributed by atoms with Crippen LogP contribution in [0, 0.1) is 13.8 Å². The minimum Gasteiger partial charge on any atom is -0.325 e. The Bertz CT molecular complexity index is 882. The van der Waals surface area contributed by atoms with Crippen molar-refractivity contribution in [2.75, 3.05) is 30.3 Å². The number of hydrogen-bond acceptors (Lipinski definition) is 3. The van der Waals surface area contributed by atoms with E-state index in [-0.39, 0.29) is 24.7 Å². The lowest BCUT2D eigenvalue weighted by Gasteiger charge is -2.20. The summed E-state index contributed by atoms with van der Waals surface area (Å²) >= 11 is 0. The molecular weight excluding hydrogens is 383 g/mol. The number of anilines is 2. The van der Waals surface area contributed by atoms with Crippen molar-refractivity contribution in [3.63, 3.8) is 0 Å². The number of benzene rings is 2. The maximum absolute atomic E-state index is 13.0. The lowest BCUT2D eigenvalue weighted by molar-refractivity contribution is -0.137. The van der Waals surface area contributed by atoms with Gasteiger partial charge in [0.1, 0.15) is 0 Å². The number of nitrogens with one attached hydrogen (secondary N) is 2. The van der Waals surface area contributed by atoms with Crippen molar-refractivity contribution in [2.45, 2.75) is 26.9 Å². The van der Waals surface area contributed by atoms with E-state index in [0.717, 1.165) is 17.2 Å². The number of aryl methyl sites for hydroxylation is 2. The van der Waals surface area contributed by atoms with Gasteiger partial charge in [-0.15, -0.1) is 0 Å². The van der Waals surface area contributed by atoms with Crippen LogP contribution in [0.15, 0.2) is 42.5 Å². The van der Waals surface area contributed by atoms with Gasteiger partial charge >= 0.3 is 6.18 Å². The van der Waals surface area contributed by atoms with E-state index in [9.17, 15) is 22.8 Å². The van der Waals surface area contributed by atoms with Gasteiger partial charge in [-0.25, -0.2) is 0 Å². The average Bonchev–Trinajstić information content (AvgIpc) is 2.63. The van der Waals surface area contributed by atoms with Crippen LogP contribution in [-0.2, 0) is 15.8 Å². The number of para-hydroxylation sites is 1. The van der Waals surface area contributed by atoms with Gasteiger partial charge in [-0.1, -0.05) is 36.8 Å². The Labute approximate surface area is 167 Å². The molecule has 8 heteroatoms. The zero-order valence-corrected chi connectivity index (χ0v) is 16.6. The standard InChI is InChI=1S/C21H24F3N3O2/c1-4-27(12-19(28)25-17-10-9-14(2)11-15(17)3)13-20(29)26-18-8-6-5-7-16(18)21(22,23)24/h5-11H,4,12-13H2,1-3H3,(H,25,28)(H,26,29). The lowest BCUT2D eigenvalue weighted by atomic mass is 10.1. The molecule has 0 radical (unpaired) electrons. The first-order valence-electron chi connectivity index (χ1n) is 9.15. The molecule has 0 saturated heterocycles. The molecule has 2 aromatic rings. The van der Waals surface area contributed by atoms with Crippen LogP contribution in [0.3, 0.4) is 0 Å². The maximum atomic E-state index is 13.0. The van der Waals surface area contributed by atoms with Crippen LogP contribution in [0.2, 0.25) is 0 Å². The summed E-state index contributed by atoms with van der Waals surface area (Å²) in [5.74, 6) is -0.926. The summed E-state index contributed by atoms with van der Waals surface area (Å²) in [6, 6.07) is 10.4. The van der Waals surface area contributed by atoms with E-state index in [0.29, 0.717) is 12.2 Å². The molecule has 0 atom stereocenters. The molecule has 0 aromatic heterocycles. The Hall–Kier alpha value is -2.87. The molecule has 0 aliphatic heterocycles. The largest absolute Gasteiger partial charge is 0.418 e. The Morgan fingerprint density at radius 2 is 1.52 bits per heavy atom. The predicted octanol–water partition coefficient (Wildman–Crippen LogP) is 4.22. The predicted molar refractivity (Wildman–Crippen MR) is 107 cm³/mol. The molecule has 2 aromatic carbocycles. The van der Waals surface area contributed by atoms with Gasteiger partial charge in [0, 0.05) is 5.69 Å². The molecule has 0 fully saturated rings. The molecule has 0 spiro atoms. The van der Waals surface area contributed by atoms with E-state index in [1.54, 1.807) is 17.9 Å².